The highest BCUT2D eigenvalue weighted by molar-refractivity contribution is 7.98. The maximum Gasteiger partial charge on any atom is 0.277 e. The van der Waals surface area contributed by atoms with Crippen LogP contribution in [0.25, 0.3) is 11.5 Å². The monoisotopic (exact) mass is 405 g/mol. The van der Waals surface area contributed by atoms with Gasteiger partial charge >= 0.3 is 0 Å². The normalized spacial score (nSPS) is 15.4. The third-order valence-corrected chi connectivity index (χ3v) is 7.03. The summed E-state index contributed by atoms with van der Waals surface area (Å²) in [7, 11) is -3.53. The molecule has 4 rings (SSSR count). The van der Waals surface area contributed by atoms with E-state index in [1.807, 2.05) is 31.2 Å². The lowest BCUT2D eigenvalue weighted by atomic mass is 10.1. The van der Waals surface area contributed by atoms with E-state index in [1.165, 1.54) is 22.1 Å². The van der Waals surface area contributed by atoms with Gasteiger partial charge in [0, 0.05) is 18.7 Å². The highest BCUT2D eigenvalue weighted by Crippen LogP contribution is 2.29. The summed E-state index contributed by atoms with van der Waals surface area (Å²) in [6.07, 6.45) is 1.78. The van der Waals surface area contributed by atoms with Crippen molar-refractivity contribution in [3.63, 3.8) is 0 Å². The first kappa shape index (κ1) is 18.3. The summed E-state index contributed by atoms with van der Waals surface area (Å²) in [6.45, 7) is 3.09. The average molecular weight is 406 g/mol. The first-order valence-corrected chi connectivity index (χ1v) is 11.1. The second-order valence-electron chi connectivity index (χ2n) is 6.31. The van der Waals surface area contributed by atoms with Gasteiger partial charge in [-0.2, -0.15) is 4.31 Å². The highest BCUT2D eigenvalue weighted by Gasteiger charge is 2.30. The second kappa shape index (κ2) is 7.49. The predicted octanol–water partition coefficient (Wildman–Crippen LogP) is 3.71. The number of nitrogens with zero attached hydrogens (tertiary/aromatic N) is 3. The molecule has 0 saturated carbocycles. The molecule has 3 heterocycles. The lowest BCUT2D eigenvalue weighted by molar-refractivity contribution is 0.396. The van der Waals surface area contributed by atoms with E-state index >= 15 is 0 Å². The van der Waals surface area contributed by atoms with Crippen molar-refractivity contribution in [2.24, 2.45) is 0 Å². The van der Waals surface area contributed by atoms with Gasteiger partial charge in [-0.15, -0.1) is 10.2 Å². The Bertz CT molecular complexity index is 1040. The summed E-state index contributed by atoms with van der Waals surface area (Å²) in [5.74, 6) is 1.42. The van der Waals surface area contributed by atoms with Crippen molar-refractivity contribution in [2.45, 2.75) is 35.8 Å². The molecule has 0 aliphatic carbocycles. The van der Waals surface area contributed by atoms with Crippen molar-refractivity contribution in [3.05, 3.63) is 47.7 Å². The first-order valence-electron chi connectivity index (χ1n) is 8.65. The van der Waals surface area contributed by atoms with Gasteiger partial charge in [0.15, 0.2) is 0 Å². The Labute approximate surface area is 161 Å². The average Bonchev–Trinajstić information content (AvgIpc) is 3.41. The van der Waals surface area contributed by atoms with Gasteiger partial charge in [0.25, 0.3) is 15.2 Å². The van der Waals surface area contributed by atoms with Crippen LogP contribution in [-0.4, -0.2) is 36.0 Å². The van der Waals surface area contributed by atoms with Crippen LogP contribution in [0.1, 0.15) is 24.2 Å². The van der Waals surface area contributed by atoms with Crippen molar-refractivity contribution in [3.8, 4) is 11.5 Å². The van der Waals surface area contributed by atoms with E-state index in [0.29, 0.717) is 35.7 Å². The lowest BCUT2D eigenvalue weighted by Gasteiger charge is -2.12. The fourth-order valence-electron chi connectivity index (χ4n) is 2.95. The molecule has 1 aromatic carbocycles. The maximum atomic E-state index is 12.5. The molecule has 2 aromatic heterocycles. The SMILES string of the molecule is Cc1ccccc1-c1nnc(SCc2ccc(S(=O)(=O)N3CCCC3)o2)o1. The van der Waals surface area contributed by atoms with Crippen molar-refractivity contribution < 1.29 is 17.3 Å². The summed E-state index contributed by atoms with van der Waals surface area (Å²) in [5, 5.41) is 8.53. The molecule has 0 N–H and O–H groups in total. The van der Waals surface area contributed by atoms with Crippen molar-refractivity contribution in [1.82, 2.24) is 14.5 Å². The Kier molecular flexibility index (Phi) is 5.07. The topological polar surface area (TPSA) is 89.4 Å². The second-order valence-corrected chi connectivity index (χ2v) is 9.10. The van der Waals surface area contributed by atoms with Gasteiger partial charge in [0.05, 0.1) is 5.75 Å². The molecule has 0 amide bonds. The molecule has 142 valence electrons. The molecule has 1 aliphatic rings. The van der Waals surface area contributed by atoms with Crippen molar-refractivity contribution >= 4 is 21.8 Å². The van der Waals surface area contributed by atoms with Crippen molar-refractivity contribution in [1.29, 1.82) is 0 Å². The van der Waals surface area contributed by atoms with Crippen LogP contribution in [0.3, 0.4) is 0 Å². The molecular weight excluding hydrogens is 386 g/mol. The minimum atomic E-state index is -3.53. The Morgan fingerprint density at radius 3 is 2.63 bits per heavy atom. The van der Waals surface area contributed by atoms with E-state index in [1.54, 1.807) is 6.07 Å². The van der Waals surface area contributed by atoms with E-state index in [4.69, 9.17) is 8.83 Å². The molecule has 0 unspecified atom stereocenters. The third-order valence-electron chi connectivity index (χ3n) is 4.42. The summed E-state index contributed by atoms with van der Waals surface area (Å²) in [4.78, 5) is 0. The van der Waals surface area contributed by atoms with Gasteiger partial charge < -0.3 is 8.83 Å². The van der Waals surface area contributed by atoms with Crippen LogP contribution in [0.5, 0.6) is 0 Å². The summed E-state index contributed by atoms with van der Waals surface area (Å²) in [6, 6.07) is 11.0. The minimum absolute atomic E-state index is 0.00821. The Balaban J connectivity index is 1.43. The summed E-state index contributed by atoms with van der Waals surface area (Å²) < 4.78 is 37.7. The van der Waals surface area contributed by atoms with E-state index in [0.717, 1.165) is 24.0 Å². The summed E-state index contributed by atoms with van der Waals surface area (Å²) >= 11 is 1.31. The number of furan rings is 1. The van der Waals surface area contributed by atoms with Crippen LogP contribution in [0, 0.1) is 6.92 Å². The first-order chi connectivity index (χ1) is 13.0. The largest absolute Gasteiger partial charge is 0.447 e. The fraction of sp³-hybridized carbons (Fsp3) is 0.333. The minimum Gasteiger partial charge on any atom is -0.447 e. The number of hydrogen-bond acceptors (Lipinski definition) is 7. The molecule has 0 spiro atoms. The van der Waals surface area contributed by atoms with E-state index in [9.17, 15) is 8.42 Å². The quantitative estimate of drug-likeness (QED) is 0.577. The van der Waals surface area contributed by atoms with Gasteiger partial charge in [-0.05, 0) is 43.5 Å². The molecule has 0 radical (unpaired) electrons. The predicted molar refractivity (Wildman–Crippen MR) is 101 cm³/mol. The van der Waals surface area contributed by atoms with Gasteiger partial charge in [0.2, 0.25) is 11.0 Å². The Hall–Kier alpha value is -2.10. The number of hydrogen-bond donors (Lipinski definition) is 0. The molecule has 0 bridgehead atoms. The standard InChI is InChI=1S/C18H19N3O4S2/c1-13-6-2-3-7-15(13)17-19-20-18(25-17)26-12-14-8-9-16(24-14)27(22,23)21-10-4-5-11-21/h2-3,6-9H,4-5,10-12H2,1H3. The molecule has 9 heteroatoms. The molecular formula is C18H19N3O4S2. The zero-order valence-electron chi connectivity index (χ0n) is 14.8. The van der Waals surface area contributed by atoms with Crippen LogP contribution in [0.4, 0.5) is 0 Å². The molecule has 3 aromatic rings. The lowest BCUT2D eigenvalue weighted by Crippen LogP contribution is -2.27. The molecule has 27 heavy (non-hydrogen) atoms. The Morgan fingerprint density at radius 2 is 1.85 bits per heavy atom. The van der Waals surface area contributed by atoms with Crippen LogP contribution < -0.4 is 0 Å². The van der Waals surface area contributed by atoms with E-state index in [-0.39, 0.29) is 5.09 Å². The number of sulfonamides is 1. The van der Waals surface area contributed by atoms with Crippen molar-refractivity contribution in [2.75, 3.05) is 13.1 Å². The molecule has 1 aliphatic heterocycles. The maximum absolute atomic E-state index is 12.5. The van der Waals surface area contributed by atoms with Gasteiger partial charge in [-0.3, -0.25) is 0 Å². The van der Waals surface area contributed by atoms with Gasteiger partial charge in [-0.1, -0.05) is 30.0 Å². The molecule has 7 nitrogen and oxygen atoms in total. The van der Waals surface area contributed by atoms with Crippen LogP contribution in [-0.2, 0) is 15.8 Å². The Morgan fingerprint density at radius 1 is 1.07 bits per heavy atom. The third kappa shape index (κ3) is 3.80. The van der Waals surface area contributed by atoms with Crippen LogP contribution in [0.15, 0.2) is 55.5 Å². The molecule has 0 atom stereocenters. The number of benzene rings is 1. The van der Waals surface area contributed by atoms with Gasteiger partial charge in [-0.25, -0.2) is 8.42 Å². The zero-order chi connectivity index (χ0) is 18.9. The van der Waals surface area contributed by atoms with Gasteiger partial charge in [0.1, 0.15) is 5.76 Å². The number of aromatic nitrogens is 2. The zero-order valence-corrected chi connectivity index (χ0v) is 16.4. The van der Waals surface area contributed by atoms with Crippen LogP contribution >= 0.6 is 11.8 Å². The number of aryl methyl sites for hydroxylation is 1. The number of thioether (sulfide) groups is 1. The molecule has 1 saturated heterocycles. The smallest absolute Gasteiger partial charge is 0.277 e. The highest BCUT2D eigenvalue weighted by atomic mass is 32.2. The van der Waals surface area contributed by atoms with E-state index < -0.39 is 10.0 Å². The van der Waals surface area contributed by atoms with Crippen LogP contribution in [0.2, 0.25) is 0 Å². The number of rotatable bonds is 6. The fourth-order valence-corrected chi connectivity index (χ4v) is 5.06. The molecule has 1 fully saturated rings. The summed E-state index contributed by atoms with van der Waals surface area (Å²) in [5.41, 5.74) is 1.95. The van der Waals surface area contributed by atoms with E-state index in [2.05, 4.69) is 10.2 Å².